The minimum Gasteiger partial charge on any atom is -0.459 e. The summed E-state index contributed by atoms with van der Waals surface area (Å²) in [5.74, 6) is -1.14. The number of hydrogen-bond acceptors (Lipinski definition) is 6. The highest BCUT2D eigenvalue weighted by Crippen LogP contribution is 2.47. The third-order valence-electron chi connectivity index (χ3n) is 5.68. The number of aliphatic hydroxyl groups excluding tert-OH is 1. The lowest BCUT2D eigenvalue weighted by atomic mass is 9.78. The molecular weight excluding hydrogens is 340 g/mol. The fraction of sp³-hybridized carbons (Fsp3) is 0.556. The zero-order valence-corrected chi connectivity index (χ0v) is 14.9. The number of non-ortho nitro benzene ring substituents is 1. The van der Waals surface area contributed by atoms with Crippen LogP contribution in [0.2, 0.25) is 0 Å². The van der Waals surface area contributed by atoms with Gasteiger partial charge in [-0.15, -0.1) is 0 Å². The molecule has 2 fully saturated rings. The molecule has 1 aromatic carbocycles. The fourth-order valence-corrected chi connectivity index (χ4v) is 4.08. The summed E-state index contributed by atoms with van der Waals surface area (Å²) in [7, 11) is 0. The molecule has 1 amide bonds. The Labute approximate surface area is 150 Å². The minimum atomic E-state index is -0.742. The summed E-state index contributed by atoms with van der Waals surface area (Å²) in [6.45, 7) is 5.47. The van der Waals surface area contributed by atoms with Crippen LogP contribution in [0.25, 0.3) is 0 Å². The highest BCUT2D eigenvalue weighted by atomic mass is 16.6. The van der Waals surface area contributed by atoms with Gasteiger partial charge in [0, 0.05) is 18.2 Å². The Kier molecular flexibility index (Phi) is 4.70. The number of aliphatic hydroxyl groups is 1. The minimum absolute atomic E-state index is 0.0129. The van der Waals surface area contributed by atoms with Crippen molar-refractivity contribution in [3.8, 4) is 0 Å². The van der Waals surface area contributed by atoms with Crippen LogP contribution in [0.1, 0.15) is 26.3 Å². The number of carbonyl (C=O) groups is 2. The molecule has 2 aliphatic rings. The van der Waals surface area contributed by atoms with Crippen LogP contribution < -0.4 is 0 Å². The van der Waals surface area contributed by atoms with Gasteiger partial charge < -0.3 is 14.7 Å². The van der Waals surface area contributed by atoms with Crippen LogP contribution in [-0.4, -0.2) is 45.0 Å². The maximum absolute atomic E-state index is 12.6. The van der Waals surface area contributed by atoms with Gasteiger partial charge in [-0.25, -0.2) is 4.79 Å². The van der Waals surface area contributed by atoms with Gasteiger partial charge in [0.15, 0.2) is 0 Å². The van der Waals surface area contributed by atoms with Crippen molar-refractivity contribution in [2.45, 2.75) is 45.6 Å². The van der Waals surface area contributed by atoms with Gasteiger partial charge in [-0.1, -0.05) is 13.8 Å². The number of nitrogens with zero attached hydrogens (tertiary/aromatic N) is 2. The number of β-lactam (4-membered cyclic amide) rings is 1. The SMILES string of the molecule is CC1C(C(=O)OCc2ccc([N+](=O)[O-])cc2)N2C(=O)[C@H]([C@@H](C)O)[C@H]2[C@@H]1C. The first-order chi connectivity index (χ1) is 12.2. The number of hydrogen-bond donors (Lipinski definition) is 1. The molecule has 0 spiro atoms. The number of ether oxygens (including phenoxy) is 1. The van der Waals surface area contributed by atoms with Gasteiger partial charge in [0.2, 0.25) is 5.91 Å². The molecule has 2 saturated heterocycles. The zero-order chi connectivity index (χ0) is 19.2. The normalized spacial score (nSPS) is 31.2. The lowest BCUT2D eigenvalue weighted by Gasteiger charge is -2.47. The molecule has 140 valence electrons. The van der Waals surface area contributed by atoms with E-state index in [1.54, 1.807) is 11.8 Å². The lowest BCUT2D eigenvalue weighted by molar-refractivity contribution is -0.384. The second kappa shape index (κ2) is 6.68. The Balaban J connectivity index is 1.66. The van der Waals surface area contributed by atoms with Crippen LogP contribution in [0.15, 0.2) is 24.3 Å². The summed E-state index contributed by atoms with van der Waals surface area (Å²) in [5, 5.41) is 20.5. The van der Waals surface area contributed by atoms with Crippen LogP contribution in [0.5, 0.6) is 0 Å². The number of esters is 1. The van der Waals surface area contributed by atoms with E-state index in [2.05, 4.69) is 0 Å². The van der Waals surface area contributed by atoms with Crippen molar-refractivity contribution in [1.29, 1.82) is 0 Å². The van der Waals surface area contributed by atoms with Crippen molar-refractivity contribution in [3.63, 3.8) is 0 Å². The molecule has 2 aliphatic heterocycles. The molecule has 0 bridgehead atoms. The Morgan fingerprint density at radius 3 is 2.46 bits per heavy atom. The van der Waals surface area contributed by atoms with Gasteiger partial charge in [0.1, 0.15) is 12.6 Å². The largest absolute Gasteiger partial charge is 0.459 e. The Morgan fingerprint density at radius 1 is 1.31 bits per heavy atom. The van der Waals surface area contributed by atoms with Gasteiger partial charge >= 0.3 is 5.97 Å². The quantitative estimate of drug-likeness (QED) is 0.368. The molecule has 0 aromatic heterocycles. The average molecular weight is 362 g/mol. The first kappa shape index (κ1) is 18.3. The number of amides is 1. The first-order valence-corrected chi connectivity index (χ1v) is 8.64. The number of benzene rings is 1. The summed E-state index contributed by atoms with van der Waals surface area (Å²) in [6, 6.07) is 4.97. The number of carbonyl (C=O) groups excluding carboxylic acids is 2. The average Bonchev–Trinajstić information content (AvgIpc) is 2.81. The Bertz CT molecular complexity index is 732. The van der Waals surface area contributed by atoms with Crippen molar-refractivity contribution >= 4 is 17.6 Å². The number of fused-ring (bicyclic) bond motifs is 1. The van der Waals surface area contributed by atoms with Gasteiger partial charge in [0.25, 0.3) is 5.69 Å². The second-order valence-electron chi connectivity index (χ2n) is 7.20. The van der Waals surface area contributed by atoms with Crippen LogP contribution in [-0.2, 0) is 20.9 Å². The molecule has 26 heavy (non-hydrogen) atoms. The van der Waals surface area contributed by atoms with Gasteiger partial charge in [-0.2, -0.15) is 0 Å². The molecule has 2 unspecified atom stereocenters. The van der Waals surface area contributed by atoms with Crippen molar-refractivity contribution in [1.82, 2.24) is 4.90 Å². The van der Waals surface area contributed by atoms with Crippen LogP contribution in [0.3, 0.4) is 0 Å². The fourth-order valence-electron chi connectivity index (χ4n) is 4.08. The third kappa shape index (κ3) is 2.84. The molecule has 8 heteroatoms. The molecule has 3 rings (SSSR count). The summed E-state index contributed by atoms with van der Waals surface area (Å²) in [5.41, 5.74) is 0.604. The van der Waals surface area contributed by atoms with Crippen molar-refractivity contribution < 1.29 is 24.4 Å². The van der Waals surface area contributed by atoms with Crippen LogP contribution in [0, 0.1) is 27.9 Å². The molecule has 0 radical (unpaired) electrons. The maximum atomic E-state index is 12.6. The van der Waals surface area contributed by atoms with E-state index >= 15 is 0 Å². The van der Waals surface area contributed by atoms with Gasteiger partial charge in [-0.05, 0) is 36.5 Å². The molecule has 8 nitrogen and oxygen atoms in total. The van der Waals surface area contributed by atoms with E-state index in [-0.39, 0.29) is 36.1 Å². The standard InChI is InChI=1S/C18H22N2O6/c1-9-10(2)16(19-15(9)14(11(3)21)17(19)22)18(23)26-8-12-4-6-13(7-5-12)20(24)25/h4-7,9-11,14-16,21H,8H2,1-3H3/t9-,10?,11-,14-,15-,16?/m1/s1. The van der Waals surface area contributed by atoms with E-state index in [1.807, 2.05) is 13.8 Å². The summed E-state index contributed by atoms with van der Waals surface area (Å²) < 4.78 is 5.36. The first-order valence-electron chi connectivity index (χ1n) is 8.64. The smallest absolute Gasteiger partial charge is 0.329 e. The lowest BCUT2D eigenvalue weighted by Crippen LogP contribution is -2.65. The maximum Gasteiger partial charge on any atom is 0.329 e. The molecule has 2 heterocycles. The molecule has 1 aromatic rings. The van der Waals surface area contributed by atoms with E-state index in [4.69, 9.17) is 4.74 Å². The monoisotopic (exact) mass is 362 g/mol. The zero-order valence-electron chi connectivity index (χ0n) is 14.9. The highest BCUT2D eigenvalue weighted by Gasteiger charge is 2.63. The van der Waals surface area contributed by atoms with E-state index < -0.39 is 29.0 Å². The predicted molar refractivity (Wildman–Crippen MR) is 90.8 cm³/mol. The molecular formula is C18H22N2O6. The molecule has 0 aliphatic carbocycles. The molecule has 0 saturated carbocycles. The van der Waals surface area contributed by atoms with Gasteiger partial charge in [0.05, 0.1) is 16.9 Å². The topological polar surface area (TPSA) is 110 Å². The van der Waals surface area contributed by atoms with Crippen LogP contribution in [0.4, 0.5) is 5.69 Å². The van der Waals surface area contributed by atoms with Gasteiger partial charge in [-0.3, -0.25) is 14.9 Å². The van der Waals surface area contributed by atoms with E-state index in [0.29, 0.717) is 5.56 Å². The Hall–Kier alpha value is -2.48. The predicted octanol–water partition coefficient (Wildman–Crippen LogP) is 1.50. The number of nitro groups is 1. The van der Waals surface area contributed by atoms with E-state index in [9.17, 15) is 24.8 Å². The highest BCUT2D eigenvalue weighted by molar-refractivity contribution is 5.93. The number of rotatable bonds is 5. The van der Waals surface area contributed by atoms with Crippen LogP contribution >= 0.6 is 0 Å². The summed E-state index contributed by atoms with van der Waals surface area (Å²) in [4.78, 5) is 36.6. The second-order valence-corrected chi connectivity index (χ2v) is 7.20. The Morgan fingerprint density at radius 2 is 1.92 bits per heavy atom. The number of nitro benzene ring substituents is 1. The summed E-state index contributed by atoms with van der Waals surface area (Å²) in [6.07, 6.45) is -0.742. The van der Waals surface area contributed by atoms with Crippen molar-refractivity contribution in [2.75, 3.05) is 0 Å². The summed E-state index contributed by atoms with van der Waals surface area (Å²) >= 11 is 0. The van der Waals surface area contributed by atoms with E-state index in [1.165, 1.54) is 24.3 Å². The van der Waals surface area contributed by atoms with Crippen molar-refractivity contribution in [2.24, 2.45) is 17.8 Å². The van der Waals surface area contributed by atoms with Crippen molar-refractivity contribution in [3.05, 3.63) is 39.9 Å². The molecule has 6 atom stereocenters. The molecule has 1 N–H and O–H groups in total. The third-order valence-corrected chi connectivity index (χ3v) is 5.68. The van der Waals surface area contributed by atoms with E-state index in [0.717, 1.165) is 0 Å².